The van der Waals surface area contributed by atoms with E-state index in [9.17, 15) is 14.4 Å². The van der Waals surface area contributed by atoms with Gasteiger partial charge in [0, 0.05) is 6.54 Å². The average molecular weight is 250 g/mol. The van der Waals surface area contributed by atoms with Gasteiger partial charge in [0.05, 0.1) is 16.8 Å². The van der Waals surface area contributed by atoms with Crippen LogP contribution in [0.5, 0.6) is 0 Å². The van der Waals surface area contributed by atoms with E-state index in [-0.39, 0.29) is 23.2 Å². The molecule has 6 heteroatoms. The van der Waals surface area contributed by atoms with Crippen molar-refractivity contribution in [1.29, 1.82) is 0 Å². The molecular formula is C12H14N2O4. The third-order valence-electron chi connectivity index (χ3n) is 2.28. The number of carboxylic acids is 1. The maximum Gasteiger partial charge on any atom is 0.337 e. The molecule has 0 fully saturated rings. The highest BCUT2D eigenvalue weighted by molar-refractivity contribution is 6.08. The normalized spacial score (nSPS) is 9.61. The van der Waals surface area contributed by atoms with Crippen LogP contribution in [-0.2, 0) is 4.79 Å². The largest absolute Gasteiger partial charge is 0.478 e. The molecule has 1 aromatic rings. The van der Waals surface area contributed by atoms with Crippen molar-refractivity contribution in [2.24, 2.45) is 0 Å². The number of carbonyl (C=O) groups is 3. The number of imide groups is 1. The second-order valence-electron chi connectivity index (χ2n) is 3.55. The summed E-state index contributed by atoms with van der Waals surface area (Å²) in [6.07, 6.45) is 1.04. The van der Waals surface area contributed by atoms with Crippen molar-refractivity contribution in [3.05, 3.63) is 29.3 Å². The summed E-state index contributed by atoms with van der Waals surface area (Å²) >= 11 is 0. The zero-order chi connectivity index (χ0) is 13.5. The van der Waals surface area contributed by atoms with Crippen LogP contribution in [-0.4, -0.2) is 29.9 Å². The quantitative estimate of drug-likeness (QED) is 0.657. The molecule has 0 aromatic heterocycles. The van der Waals surface area contributed by atoms with E-state index in [0.717, 1.165) is 6.42 Å². The van der Waals surface area contributed by atoms with Crippen LogP contribution in [0.2, 0.25) is 0 Å². The van der Waals surface area contributed by atoms with E-state index in [4.69, 9.17) is 5.11 Å². The lowest BCUT2D eigenvalue weighted by molar-refractivity contribution is -0.108. The van der Waals surface area contributed by atoms with Crippen LogP contribution in [0.25, 0.3) is 0 Å². The molecule has 0 unspecified atom stereocenters. The van der Waals surface area contributed by atoms with Gasteiger partial charge >= 0.3 is 5.97 Å². The number of hydrogen-bond acceptors (Lipinski definition) is 4. The number of para-hydroxylation sites is 1. The van der Waals surface area contributed by atoms with E-state index in [1.165, 1.54) is 18.2 Å². The lowest BCUT2D eigenvalue weighted by Crippen LogP contribution is -2.23. The molecule has 0 bridgehead atoms. The number of carboxylic acid groups (broad SMARTS) is 1. The minimum atomic E-state index is -1.13. The first-order valence-corrected chi connectivity index (χ1v) is 5.46. The van der Waals surface area contributed by atoms with E-state index < -0.39 is 11.9 Å². The molecule has 0 saturated heterocycles. The maximum atomic E-state index is 11.6. The van der Waals surface area contributed by atoms with Crippen LogP contribution in [0.4, 0.5) is 5.69 Å². The highest BCUT2D eigenvalue weighted by atomic mass is 16.4. The molecule has 0 aliphatic rings. The number of amides is 2. The fourth-order valence-electron chi connectivity index (χ4n) is 1.49. The molecule has 6 nitrogen and oxygen atoms in total. The smallest absolute Gasteiger partial charge is 0.337 e. The van der Waals surface area contributed by atoms with E-state index >= 15 is 0 Å². The van der Waals surface area contributed by atoms with Crippen molar-refractivity contribution in [3.8, 4) is 0 Å². The predicted octanol–water partition coefficient (Wildman–Crippen LogP) is 1.09. The number of nitrogens with one attached hydrogen (secondary N) is 2. The third-order valence-corrected chi connectivity index (χ3v) is 2.28. The minimum Gasteiger partial charge on any atom is -0.478 e. The van der Waals surface area contributed by atoms with Crippen LogP contribution < -0.4 is 10.6 Å². The molecule has 2 amide bonds. The first kappa shape index (κ1) is 13.7. The van der Waals surface area contributed by atoms with Gasteiger partial charge in [0.1, 0.15) is 0 Å². The molecule has 0 aliphatic heterocycles. The Labute approximate surface area is 104 Å². The molecule has 96 valence electrons. The summed E-state index contributed by atoms with van der Waals surface area (Å²) in [5.74, 6) is -1.76. The maximum absolute atomic E-state index is 11.6. The average Bonchev–Trinajstić information content (AvgIpc) is 2.36. The van der Waals surface area contributed by atoms with Crippen LogP contribution in [0, 0.1) is 0 Å². The highest BCUT2D eigenvalue weighted by Gasteiger charge is 2.17. The van der Waals surface area contributed by atoms with Gasteiger partial charge in [0.2, 0.25) is 6.41 Å². The lowest BCUT2D eigenvalue weighted by atomic mass is 10.1. The number of carbonyl (C=O) groups excluding carboxylic acids is 2. The number of benzene rings is 1. The lowest BCUT2D eigenvalue weighted by Gasteiger charge is -2.12. The van der Waals surface area contributed by atoms with Gasteiger partial charge in [-0.25, -0.2) is 4.79 Å². The molecule has 0 atom stereocenters. The van der Waals surface area contributed by atoms with Crippen LogP contribution in [0.1, 0.15) is 34.1 Å². The van der Waals surface area contributed by atoms with E-state index in [1.54, 1.807) is 0 Å². The zero-order valence-electron chi connectivity index (χ0n) is 9.90. The SMILES string of the molecule is CCCNc1c(C(=O)O)cccc1C(=O)NC=O. The molecule has 0 heterocycles. The summed E-state index contributed by atoms with van der Waals surface area (Å²) in [4.78, 5) is 33.0. The Hall–Kier alpha value is -2.37. The fraction of sp³-hybridized carbons (Fsp3) is 0.250. The Morgan fingerprint density at radius 2 is 2.00 bits per heavy atom. The predicted molar refractivity (Wildman–Crippen MR) is 65.7 cm³/mol. The molecule has 0 aliphatic carbocycles. The Balaban J connectivity index is 3.22. The molecule has 1 aromatic carbocycles. The van der Waals surface area contributed by atoms with Crippen LogP contribution in [0.3, 0.4) is 0 Å². The van der Waals surface area contributed by atoms with Gasteiger partial charge in [0.25, 0.3) is 5.91 Å². The Bertz CT molecular complexity index is 471. The van der Waals surface area contributed by atoms with E-state index in [0.29, 0.717) is 6.54 Å². The molecule has 1 rings (SSSR count). The third kappa shape index (κ3) is 3.07. The molecule has 0 saturated carbocycles. The number of anilines is 1. The Morgan fingerprint density at radius 1 is 1.33 bits per heavy atom. The monoisotopic (exact) mass is 250 g/mol. The Kier molecular flexibility index (Phi) is 4.86. The first-order valence-electron chi connectivity index (χ1n) is 5.46. The van der Waals surface area contributed by atoms with Gasteiger partial charge in [-0.3, -0.25) is 14.9 Å². The topological polar surface area (TPSA) is 95.5 Å². The van der Waals surface area contributed by atoms with Crippen molar-refractivity contribution < 1.29 is 19.5 Å². The van der Waals surface area contributed by atoms with Crippen molar-refractivity contribution in [1.82, 2.24) is 5.32 Å². The summed E-state index contributed by atoms with van der Waals surface area (Å²) in [5, 5.41) is 13.9. The van der Waals surface area contributed by atoms with Gasteiger partial charge in [-0.15, -0.1) is 0 Å². The van der Waals surface area contributed by atoms with Gasteiger partial charge in [-0.05, 0) is 18.6 Å². The van der Waals surface area contributed by atoms with Crippen LogP contribution >= 0.6 is 0 Å². The second kappa shape index (κ2) is 6.39. The number of hydrogen-bond donors (Lipinski definition) is 3. The summed E-state index contributed by atoms with van der Waals surface area (Å²) in [5.41, 5.74) is 0.364. The van der Waals surface area contributed by atoms with Gasteiger partial charge in [-0.1, -0.05) is 13.0 Å². The van der Waals surface area contributed by atoms with Crippen molar-refractivity contribution >= 4 is 24.0 Å². The van der Waals surface area contributed by atoms with Gasteiger partial charge < -0.3 is 10.4 Å². The number of rotatable bonds is 6. The summed E-state index contributed by atoms with van der Waals surface area (Å²) in [6, 6.07) is 4.32. The molecular weight excluding hydrogens is 236 g/mol. The van der Waals surface area contributed by atoms with Crippen molar-refractivity contribution in [3.63, 3.8) is 0 Å². The first-order chi connectivity index (χ1) is 8.61. The van der Waals surface area contributed by atoms with Gasteiger partial charge in [-0.2, -0.15) is 0 Å². The second-order valence-corrected chi connectivity index (χ2v) is 3.55. The zero-order valence-corrected chi connectivity index (χ0v) is 9.90. The summed E-state index contributed by atoms with van der Waals surface area (Å²) in [7, 11) is 0. The molecule has 18 heavy (non-hydrogen) atoms. The van der Waals surface area contributed by atoms with Gasteiger partial charge in [0.15, 0.2) is 0 Å². The van der Waals surface area contributed by atoms with Crippen molar-refractivity contribution in [2.45, 2.75) is 13.3 Å². The Morgan fingerprint density at radius 3 is 2.56 bits per heavy atom. The summed E-state index contributed by atoms with van der Waals surface area (Å²) in [6.45, 7) is 2.45. The fourth-order valence-corrected chi connectivity index (χ4v) is 1.49. The molecule has 3 N–H and O–H groups in total. The molecule has 0 radical (unpaired) electrons. The summed E-state index contributed by atoms with van der Waals surface area (Å²) < 4.78 is 0. The standard InChI is InChI=1S/C12H14N2O4/c1-2-6-13-10-8(11(16)14-7-15)4-3-5-9(10)12(17)18/h3-5,7,13H,2,6H2,1H3,(H,17,18)(H,14,15,16). The highest BCUT2D eigenvalue weighted by Crippen LogP contribution is 2.21. The van der Waals surface area contributed by atoms with Crippen LogP contribution in [0.15, 0.2) is 18.2 Å². The molecule has 0 spiro atoms. The van der Waals surface area contributed by atoms with E-state index in [2.05, 4.69) is 5.32 Å². The van der Waals surface area contributed by atoms with Crippen molar-refractivity contribution in [2.75, 3.05) is 11.9 Å². The number of aromatic carboxylic acids is 1. The minimum absolute atomic E-state index is 0.00185. The van der Waals surface area contributed by atoms with E-state index in [1.807, 2.05) is 12.2 Å².